The van der Waals surface area contributed by atoms with Crippen molar-refractivity contribution in [2.75, 3.05) is 6.61 Å². The van der Waals surface area contributed by atoms with Gasteiger partial charge in [-0.2, -0.15) is 0 Å². The molecule has 0 amide bonds. The standard InChI is InChI=1S/C10H9NO6/c12-4-5-3-7-6(10(13)14)1-2-8(11(15)16)9(7)17-5/h1-2,5,12H,3-4H2,(H,13,14). The van der Waals surface area contributed by atoms with Gasteiger partial charge in [-0.15, -0.1) is 0 Å². The first-order chi connectivity index (χ1) is 8.04. The lowest BCUT2D eigenvalue weighted by atomic mass is 10.0. The minimum absolute atomic E-state index is 0.0263. The Kier molecular flexibility index (Phi) is 2.68. The number of nitro groups is 1. The van der Waals surface area contributed by atoms with Crippen molar-refractivity contribution in [2.24, 2.45) is 0 Å². The van der Waals surface area contributed by atoms with Gasteiger partial charge in [0.15, 0.2) is 0 Å². The van der Waals surface area contributed by atoms with Gasteiger partial charge in [0.1, 0.15) is 6.10 Å². The largest absolute Gasteiger partial charge is 0.480 e. The summed E-state index contributed by atoms with van der Waals surface area (Å²) in [5, 5.41) is 28.7. The van der Waals surface area contributed by atoms with Gasteiger partial charge in [0.2, 0.25) is 5.75 Å². The van der Waals surface area contributed by atoms with Crippen molar-refractivity contribution in [2.45, 2.75) is 12.5 Å². The molecule has 1 unspecified atom stereocenters. The highest BCUT2D eigenvalue weighted by Gasteiger charge is 2.33. The van der Waals surface area contributed by atoms with E-state index in [4.69, 9.17) is 14.9 Å². The molecule has 7 heteroatoms. The van der Waals surface area contributed by atoms with Crippen molar-refractivity contribution in [3.05, 3.63) is 33.4 Å². The Morgan fingerprint density at radius 1 is 1.59 bits per heavy atom. The highest BCUT2D eigenvalue weighted by molar-refractivity contribution is 5.91. The molecule has 0 bridgehead atoms. The average Bonchev–Trinajstić information content (AvgIpc) is 2.70. The molecule has 0 fully saturated rings. The topological polar surface area (TPSA) is 110 Å². The molecule has 1 aromatic carbocycles. The summed E-state index contributed by atoms with van der Waals surface area (Å²) in [6, 6.07) is 2.28. The molecule has 90 valence electrons. The number of hydrogen-bond acceptors (Lipinski definition) is 5. The zero-order valence-corrected chi connectivity index (χ0v) is 8.62. The molecular formula is C10H9NO6. The minimum Gasteiger partial charge on any atom is -0.480 e. The summed E-state index contributed by atoms with van der Waals surface area (Å²) >= 11 is 0. The molecule has 1 aliphatic heterocycles. The number of aromatic carboxylic acids is 1. The number of carboxylic acid groups (broad SMARTS) is 1. The number of carbonyl (C=O) groups is 1. The number of carboxylic acids is 1. The zero-order chi connectivity index (χ0) is 12.6. The Morgan fingerprint density at radius 2 is 2.29 bits per heavy atom. The zero-order valence-electron chi connectivity index (χ0n) is 8.62. The van der Waals surface area contributed by atoms with E-state index in [9.17, 15) is 14.9 Å². The van der Waals surface area contributed by atoms with Gasteiger partial charge in [0.05, 0.1) is 17.1 Å². The van der Waals surface area contributed by atoms with Gasteiger partial charge in [0, 0.05) is 18.1 Å². The SMILES string of the molecule is O=C(O)c1ccc([N+](=O)[O-])c2c1CC(CO)O2. The molecule has 1 aliphatic rings. The van der Waals surface area contributed by atoms with Crippen molar-refractivity contribution >= 4 is 11.7 Å². The van der Waals surface area contributed by atoms with Crippen molar-refractivity contribution in [3.8, 4) is 5.75 Å². The van der Waals surface area contributed by atoms with Crippen LogP contribution in [0.4, 0.5) is 5.69 Å². The summed E-state index contributed by atoms with van der Waals surface area (Å²) in [7, 11) is 0. The number of ether oxygens (including phenoxy) is 1. The number of aliphatic hydroxyl groups excluding tert-OH is 1. The van der Waals surface area contributed by atoms with E-state index in [1.165, 1.54) is 6.07 Å². The van der Waals surface area contributed by atoms with Crippen molar-refractivity contribution in [1.82, 2.24) is 0 Å². The molecule has 0 saturated heterocycles. The van der Waals surface area contributed by atoms with Crippen LogP contribution >= 0.6 is 0 Å². The van der Waals surface area contributed by atoms with Crippen LogP contribution in [-0.4, -0.2) is 33.8 Å². The molecular weight excluding hydrogens is 230 g/mol. The summed E-state index contributed by atoms with van der Waals surface area (Å²) in [5.74, 6) is -1.22. The number of hydrogen-bond donors (Lipinski definition) is 2. The highest BCUT2D eigenvalue weighted by Crippen LogP contribution is 2.39. The van der Waals surface area contributed by atoms with Gasteiger partial charge in [-0.3, -0.25) is 10.1 Å². The fourth-order valence-corrected chi connectivity index (χ4v) is 1.83. The predicted molar refractivity (Wildman–Crippen MR) is 55.3 cm³/mol. The van der Waals surface area contributed by atoms with E-state index in [-0.39, 0.29) is 35.6 Å². The van der Waals surface area contributed by atoms with Gasteiger partial charge < -0.3 is 14.9 Å². The predicted octanol–water partition coefficient (Wildman–Crippen LogP) is 0.589. The Labute approximate surface area is 95.4 Å². The molecule has 0 aliphatic carbocycles. The van der Waals surface area contributed by atoms with E-state index < -0.39 is 17.0 Å². The maximum atomic E-state index is 10.9. The first-order valence-electron chi connectivity index (χ1n) is 4.85. The second-order valence-corrected chi connectivity index (χ2v) is 3.63. The molecule has 0 aromatic heterocycles. The minimum atomic E-state index is -1.17. The number of benzene rings is 1. The third-order valence-electron chi connectivity index (χ3n) is 2.59. The number of nitrogens with zero attached hydrogens (tertiary/aromatic N) is 1. The van der Waals surface area contributed by atoms with Crippen molar-refractivity contribution < 1.29 is 24.7 Å². The first kappa shape index (κ1) is 11.3. The summed E-state index contributed by atoms with van der Waals surface area (Å²) in [4.78, 5) is 21.1. The molecule has 0 saturated carbocycles. The summed E-state index contributed by atoms with van der Waals surface area (Å²) in [5.41, 5.74) is -0.0340. The quantitative estimate of drug-likeness (QED) is 0.590. The van der Waals surface area contributed by atoms with Gasteiger partial charge in [-0.05, 0) is 6.07 Å². The summed E-state index contributed by atoms with van der Waals surface area (Å²) in [6.45, 7) is -0.315. The van der Waals surface area contributed by atoms with E-state index in [0.717, 1.165) is 6.07 Å². The fourth-order valence-electron chi connectivity index (χ4n) is 1.83. The van der Waals surface area contributed by atoms with Crippen LogP contribution in [0.25, 0.3) is 0 Å². The third-order valence-corrected chi connectivity index (χ3v) is 2.59. The lowest BCUT2D eigenvalue weighted by molar-refractivity contribution is -0.385. The molecule has 1 heterocycles. The van der Waals surface area contributed by atoms with Gasteiger partial charge in [-0.25, -0.2) is 4.79 Å². The maximum absolute atomic E-state index is 10.9. The molecule has 0 radical (unpaired) electrons. The molecule has 0 spiro atoms. The van der Waals surface area contributed by atoms with Crippen LogP contribution < -0.4 is 4.74 Å². The summed E-state index contributed by atoms with van der Waals surface area (Å²) in [6.07, 6.45) is -0.459. The number of rotatable bonds is 3. The molecule has 2 rings (SSSR count). The molecule has 17 heavy (non-hydrogen) atoms. The van der Waals surface area contributed by atoms with Gasteiger partial charge >= 0.3 is 11.7 Å². The normalized spacial score (nSPS) is 17.4. The molecule has 1 atom stereocenters. The van der Waals surface area contributed by atoms with Crippen molar-refractivity contribution in [3.63, 3.8) is 0 Å². The van der Waals surface area contributed by atoms with Crippen LogP contribution in [0.3, 0.4) is 0 Å². The number of aliphatic hydroxyl groups is 1. The van der Waals surface area contributed by atoms with Gasteiger partial charge in [0.25, 0.3) is 0 Å². The Morgan fingerprint density at radius 3 is 2.82 bits per heavy atom. The van der Waals surface area contributed by atoms with Gasteiger partial charge in [-0.1, -0.05) is 0 Å². The fraction of sp³-hybridized carbons (Fsp3) is 0.300. The van der Waals surface area contributed by atoms with Crippen LogP contribution in [0.1, 0.15) is 15.9 Å². The van der Waals surface area contributed by atoms with Crippen LogP contribution in [0.2, 0.25) is 0 Å². The van der Waals surface area contributed by atoms with E-state index >= 15 is 0 Å². The third kappa shape index (κ3) is 1.80. The Hall–Kier alpha value is -2.15. The smallest absolute Gasteiger partial charge is 0.336 e. The second kappa shape index (κ2) is 4.02. The molecule has 7 nitrogen and oxygen atoms in total. The summed E-state index contributed by atoms with van der Waals surface area (Å²) < 4.78 is 5.18. The Balaban J connectivity index is 2.57. The second-order valence-electron chi connectivity index (χ2n) is 3.63. The van der Waals surface area contributed by atoms with E-state index in [0.29, 0.717) is 0 Å². The van der Waals surface area contributed by atoms with Crippen LogP contribution in [0, 0.1) is 10.1 Å². The van der Waals surface area contributed by atoms with E-state index in [1.54, 1.807) is 0 Å². The van der Waals surface area contributed by atoms with Crippen LogP contribution in [0.15, 0.2) is 12.1 Å². The molecule has 1 aromatic rings. The molecule has 2 N–H and O–H groups in total. The maximum Gasteiger partial charge on any atom is 0.336 e. The van der Waals surface area contributed by atoms with E-state index in [1.807, 2.05) is 0 Å². The first-order valence-corrected chi connectivity index (χ1v) is 4.85. The number of fused-ring (bicyclic) bond motifs is 1. The average molecular weight is 239 g/mol. The van der Waals surface area contributed by atoms with Crippen LogP contribution in [0.5, 0.6) is 5.75 Å². The van der Waals surface area contributed by atoms with E-state index in [2.05, 4.69) is 0 Å². The lowest BCUT2D eigenvalue weighted by Crippen LogP contribution is -2.17. The monoisotopic (exact) mass is 239 g/mol. The van der Waals surface area contributed by atoms with Crippen LogP contribution in [-0.2, 0) is 6.42 Å². The Bertz CT molecular complexity index is 455. The number of nitro benzene ring substituents is 1. The lowest BCUT2D eigenvalue weighted by Gasteiger charge is -2.05. The van der Waals surface area contributed by atoms with Crippen molar-refractivity contribution in [1.29, 1.82) is 0 Å². The highest BCUT2D eigenvalue weighted by atomic mass is 16.6.